The molecule has 0 aromatic heterocycles. The topological polar surface area (TPSA) is 101 Å². The van der Waals surface area contributed by atoms with Gasteiger partial charge in [0.25, 0.3) is 5.69 Å². The van der Waals surface area contributed by atoms with Crippen LogP contribution in [-0.2, 0) is 10.0 Å². The highest BCUT2D eigenvalue weighted by Gasteiger charge is 2.19. The van der Waals surface area contributed by atoms with Crippen LogP contribution >= 0.6 is 0 Å². The summed E-state index contributed by atoms with van der Waals surface area (Å²) in [7, 11) is -2.12. The fourth-order valence-corrected chi connectivity index (χ4v) is 2.98. The van der Waals surface area contributed by atoms with Gasteiger partial charge in [-0.1, -0.05) is 26.2 Å². The summed E-state index contributed by atoms with van der Waals surface area (Å²) < 4.78 is 26.7. The van der Waals surface area contributed by atoms with Gasteiger partial charge in [0, 0.05) is 19.7 Å². The Balaban J connectivity index is 2.81. The quantitative estimate of drug-likeness (QED) is 0.414. The summed E-state index contributed by atoms with van der Waals surface area (Å²) in [5, 5.41) is 13.5. The summed E-state index contributed by atoms with van der Waals surface area (Å²) in [6.07, 6.45) is 3.91. The van der Waals surface area contributed by atoms with Crippen molar-refractivity contribution in [2.24, 2.45) is 0 Å². The number of nitro benzene ring substituents is 1. The molecule has 8 heteroatoms. The van der Waals surface area contributed by atoms with Crippen LogP contribution in [0.4, 0.5) is 11.4 Å². The standard InChI is InChI=1S/C13H21N3O4S/c1-3-4-5-6-9-15-21(19,20)11-7-8-13(16(17)18)12(10-11)14-2/h7-8,10,14-15H,3-6,9H2,1-2H3. The second kappa shape index (κ2) is 7.94. The molecule has 7 nitrogen and oxygen atoms in total. The number of hydrogen-bond donors (Lipinski definition) is 2. The Labute approximate surface area is 124 Å². The molecule has 0 heterocycles. The molecule has 0 saturated heterocycles. The number of sulfonamides is 1. The molecule has 0 bridgehead atoms. The van der Waals surface area contributed by atoms with E-state index < -0.39 is 14.9 Å². The Hall–Kier alpha value is -1.67. The van der Waals surface area contributed by atoms with Crippen LogP contribution in [0.5, 0.6) is 0 Å². The van der Waals surface area contributed by atoms with E-state index in [1.54, 1.807) is 0 Å². The number of nitrogens with zero attached hydrogens (tertiary/aromatic N) is 1. The molecule has 0 aliphatic carbocycles. The average Bonchev–Trinajstić information content (AvgIpc) is 2.46. The molecule has 1 aromatic rings. The fraction of sp³-hybridized carbons (Fsp3) is 0.538. The molecule has 0 spiro atoms. The van der Waals surface area contributed by atoms with Crippen molar-refractivity contribution in [1.82, 2.24) is 4.72 Å². The second-order valence-electron chi connectivity index (χ2n) is 4.64. The van der Waals surface area contributed by atoms with Crippen molar-refractivity contribution in [2.45, 2.75) is 37.5 Å². The predicted molar refractivity (Wildman–Crippen MR) is 82.0 cm³/mol. The van der Waals surface area contributed by atoms with E-state index in [9.17, 15) is 18.5 Å². The summed E-state index contributed by atoms with van der Waals surface area (Å²) in [6, 6.07) is 3.71. The van der Waals surface area contributed by atoms with Crippen molar-refractivity contribution in [1.29, 1.82) is 0 Å². The Morgan fingerprint density at radius 1 is 1.24 bits per heavy atom. The Morgan fingerprint density at radius 2 is 1.95 bits per heavy atom. The molecular formula is C13H21N3O4S. The molecule has 0 saturated carbocycles. The van der Waals surface area contributed by atoms with Crippen LogP contribution in [0.15, 0.2) is 23.1 Å². The molecule has 21 heavy (non-hydrogen) atoms. The third-order valence-electron chi connectivity index (χ3n) is 3.07. The van der Waals surface area contributed by atoms with E-state index in [4.69, 9.17) is 0 Å². The Morgan fingerprint density at radius 3 is 2.52 bits per heavy atom. The van der Waals surface area contributed by atoms with Gasteiger partial charge in [-0.3, -0.25) is 10.1 Å². The lowest BCUT2D eigenvalue weighted by Gasteiger charge is -2.08. The summed E-state index contributed by atoms with van der Waals surface area (Å²) in [5.41, 5.74) is 0.0215. The number of unbranched alkanes of at least 4 members (excludes halogenated alkanes) is 3. The molecule has 0 amide bonds. The van der Waals surface area contributed by atoms with Gasteiger partial charge in [0.1, 0.15) is 5.69 Å². The zero-order valence-electron chi connectivity index (χ0n) is 12.3. The van der Waals surface area contributed by atoms with Crippen molar-refractivity contribution in [2.75, 3.05) is 18.9 Å². The van der Waals surface area contributed by atoms with Crippen molar-refractivity contribution in [3.05, 3.63) is 28.3 Å². The highest BCUT2D eigenvalue weighted by atomic mass is 32.2. The van der Waals surface area contributed by atoms with Crippen molar-refractivity contribution in [3.8, 4) is 0 Å². The summed E-state index contributed by atoms with van der Waals surface area (Å²) in [6.45, 7) is 2.45. The maximum Gasteiger partial charge on any atom is 0.292 e. The van der Waals surface area contributed by atoms with Crippen LogP contribution in [0.25, 0.3) is 0 Å². The van der Waals surface area contributed by atoms with Gasteiger partial charge >= 0.3 is 0 Å². The van der Waals surface area contributed by atoms with Gasteiger partial charge in [0.2, 0.25) is 10.0 Å². The van der Waals surface area contributed by atoms with Crippen LogP contribution in [0.2, 0.25) is 0 Å². The first-order valence-corrected chi connectivity index (χ1v) is 8.36. The zero-order chi connectivity index (χ0) is 15.9. The van der Waals surface area contributed by atoms with Gasteiger partial charge < -0.3 is 5.32 Å². The minimum absolute atomic E-state index is 0.0212. The molecule has 0 fully saturated rings. The van der Waals surface area contributed by atoms with Gasteiger partial charge in [-0.15, -0.1) is 0 Å². The maximum atomic E-state index is 12.1. The van der Waals surface area contributed by atoms with Crippen LogP contribution in [0.1, 0.15) is 32.6 Å². The molecule has 118 valence electrons. The van der Waals surface area contributed by atoms with E-state index in [1.165, 1.54) is 25.2 Å². The van der Waals surface area contributed by atoms with Gasteiger partial charge in [-0.2, -0.15) is 0 Å². The van der Waals surface area contributed by atoms with Gasteiger partial charge in [0.05, 0.1) is 9.82 Å². The highest BCUT2D eigenvalue weighted by molar-refractivity contribution is 7.89. The largest absolute Gasteiger partial charge is 0.383 e. The van der Waals surface area contributed by atoms with Crippen molar-refractivity contribution >= 4 is 21.4 Å². The summed E-state index contributed by atoms with van der Waals surface area (Å²) >= 11 is 0. The Kier molecular flexibility index (Phi) is 6.57. The van der Waals surface area contributed by atoms with Crippen LogP contribution in [0, 0.1) is 10.1 Å². The lowest BCUT2D eigenvalue weighted by Crippen LogP contribution is -2.24. The number of benzene rings is 1. The lowest BCUT2D eigenvalue weighted by molar-refractivity contribution is -0.384. The van der Waals surface area contributed by atoms with E-state index in [-0.39, 0.29) is 16.3 Å². The first kappa shape index (κ1) is 17.4. The second-order valence-corrected chi connectivity index (χ2v) is 6.41. The molecule has 1 aromatic carbocycles. The molecule has 0 unspecified atom stereocenters. The molecule has 0 atom stereocenters. The first-order valence-electron chi connectivity index (χ1n) is 6.88. The number of anilines is 1. The molecule has 0 aliphatic heterocycles. The monoisotopic (exact) mass is 315 g/mol. The smallest absolute Gasteiger partial charge is 0.292 e. The Bertz CT molecular complexity index is 587. The third-order valence-corrected chi connectivity index (χ3v) is 4.53. The lowest BCUT2D eigenvalue weighted by atomic mass is 10.2. The minimum Gasteiger partial charge on any atom is -0.383 e. The SMILES string of the molecule is CCCCCCNS(=O)(=O)c1ccc([N+](=O)[O-])c(NC)c1. The number of nitrogens with one attached hydrogen (secondary N) is 2. The van der Waals surface area contributed by atoms with Crippen LogP contribution in [-0.4, -0.2) is 26.9 Å². The van der Waals surface area contributed by atoms with Gasteiger partial charge in [-0.25, -0.2) is 13.1 Å². The highest BCUT2D eigenvalue weighted by Crippen LogP contribution is 2.26. The number of rotatable bonds is 9. The summed E-state index contributed by atoms with van der Waals surface area (Å²) in [5.74, 6) is 0. The summed E-state index contributed by atoms with van der Waals surface area (Å²) in [4.78, 5) is 10.3. The minimum atomic E-state index is -3.64. The maximum absolute atomic E-state index is 12.1. The predicted octanol–water partition coefficient (Wildman–Crippen LogP) is 2.50. The first-order chi connectivity index (χ1) is 9.92. The van der Waals surface area contributed by atoms with E-state index in [2.05, 4.69) is 17.0 Å². The van der Waals surface area contributed by atoms with E-state index in [0.717, 1.165) is 25.7 Å². The van der Waals surface area contributed by atoms with Crippen molar-refractivity contribution < 1.29 is 13.3 Å². The van der Waals surface area contributed by atoms with E-state index in [0.29, 0.717) is 6.54 Å². The molecular weight excluding hydrogens is 294 g/mol. The average molecular weight is 315 g/mol. The molecule has 0 radical (unpaired) electrons. The van der Waals surface area contributed by atoms with Gasteiger partial charge in [0.15, 0.2) is 0 Å². The zero-order valence-corrected chi connectivity index (χ0v) is 13.1. The molecule has 2 N–H and O–H groups in total. The number of hydrogen-bond acceptors (Lipinski definition) is 5. The number of nitro groups is 1. The molecule has 1 rings (SSSR count). The fourth-order valence-electron chi connectivity index (χ4n) is 1.88. The van der Waals surface area contributed by atoms with Crippen LogP contribution < -0.4 is 10.0 Å². The van der Waals surface area contributed by atoms with E-state index in [1.807, 2.05) is 0 Å². The third kappa shape index (κ3) is 4.98. The van der Waals surface area contributed by atoms with Crippen LogP contribution in [0.3, 0.4) is 0 Å². The van der Waals surface area contributed by atoms with Gasteiger partial charge in [-0.05, 0) is 18.6 Å². The van der Waals surface area contributed by atoms with E-state index >= 15 is 0 Å². The van der Waals surface area contributed by atoms with Crippen molar-refractivity contribution in [3.63, 3.8) is 0 Å². The molecule has 0 aliphatic rings. The normalized spacial score (nSPS) is 11.3.